The van der Waals surface area contributed by atoms with Gasteiger partial charge in [0.2, 0.25) is 5.91 Å². The van der Waals surface area contributed by atoms with Crippen LogP contribution < -0.4 is 11.3 Å². The van der Waals surface area contributed by atoms with Crippen molar-refractivity contribution < 1.29 is 4.79 Å². The van der Waals surface area contributed by atoms with Gasteiger partial charge in [0.25, 0.3) is 5.56 Å². The summed E-state index contributed by atoms with van der Waals surface area (Å²) in [4.78, 5) is 22.5. The Hall–Kier alpha value is -2.36. The summed E-state index contributed by atoms with van der Waals surface area (Å²) >= 11 is 0. The summed E-state index contributed by atoms with van der Waals surface area (Å²) < 4.78 is 1.43. The number of primary amides is 1. The SMILES string of the molecule is NC(=O)c1[c]ccc(-n2ccccc2=O)c1. The van der Waals surface area contributed by atoms with Crippen LogP contribution in [0.1, 0.15) is 10.4 Å². The van der Waals surface area contributed by atoms with Gasteiger partial charge in [0.1, 0.15) is 0 Å². The first-order valence-corrected chi connectivity index (χ1v) is 4.68. The van der Waals surface area contributed by atoms with E-state index >= 15 is 0 Å². The number of amides is 1. The zero-order valence-corrected chi connectivity index (χ0v) is 8.38. The quantitative estimate of drug-likeness (QED) is 0.799. The van der Waals surface area contributed by atoms with Gasteiger partial charge in [-0.25, -0.2) is 0 Å². The lowest BCUT2D eigenvalue weighted by Gasteiger charge is -2.05. The largest absolute Gasteiger partial charge is 0.366 e. The van der Waals surface area contributed by atoms with E-state index in [0.29, 0.717) is 5.69 Å². The molecule has 1 heterocycles. The van der Waals surface area contributed by atoms with Gasteiger partial charge in [0.05, 0.1) is 0 Å². The number of rotatable bonds is 2. The third-order valence-electron chi connectivity index (χ3n) is 2.15. The van der Waals surface area contributed by atoms with Crippen molar-refractivity contribution in [1.29, 1.82) is 0 Å². The summed E-state index contributed by atoms with van der Waals surface area (Å²) in [6.45, 7) is 0. The second kappa shape index (κ2) is 4.02. The van der Waals surface area contributed by atoms with Crippen LogP contribution in [-0.2, 0) is 0 Å². The van der Waals surface area contributed by atoms with Gasteiger partial charge in [-0.1, -0.05) is 12.1 Å². The van der Waals surface area contributed by atoms with Crippen LogP contribution in [0.25, 0.3) is 5.69 Å². The van der Waals surface area contributed by atoms with E-state index in [1.54, 1.807) is 30.5 Å². The molecule has 1 aromatic heterocycles. The molecule has 0 unspecified atom stereocenters. The lowest BCUT2D eigenvalue weighted by molar-refractivity contribution is 0.1000. The fraction of sp³-hybridized carbons (Fsp3) is 0. The minimum Gasteiger partial charge on any atom is -0.366 e. The normalized spacial score (nSPS) is 10.0. The first kappa shape index (κ1) is 10.2. The van der Waals surface area contributed by atoms with E-state index in [4.69, 9.17) is 5.73 Å². The number of carbonyl (C=O) groups excluding carboxylic acids is 1. The molecule has 0 aliphatic carbocycles. The van der Waals surface area contributed by atoms with Gasteiger partial charge in [-0.05, 0) is 24.3 Å². The van der Waals surface area contributed by atoms with Crippen molar-refractivity contribution in [3.8, 4) is 5.69 Å². The molecule has 4 nitrogen and oxygen atoms in total. The van der Waals surface area contributed by atoms with Crippen LogP contribution >= 0.6 is 0 Å². The van der Waals surface area contributed by atoms with E-state index in [2.05, 4.69) is 6.07 Å². The van der Waals surface area contributed by atoms with Crippen molar-refractivity contribution in [2.24, 2.45) is 5.73 Å². The van der Waals surface area contributed by atoms with Gasteiger partial charge in [-0.2, -0.15) is 0 Å². The molecule has 0 aliphatic heterocycles. The van der Waals surface area contributed by atoms with Crippen molar-refractivity contribution in [1.82, 2.24) is 4.57 Å². The van der Waals surface area contributed by atoms with Crippen molar-refractivity contribution >= 4 is 5.91 Å². The van der Waals surface area contributed by atoms with E-state index in [1.165, 1.54) is 16.7 Å². The second-order valence-corrected chi connectivity index (χ2v) is 3.23. The molecule has 2 N–H and O–H groups in total. The molecule has 0 saturated carbocycles. The molecule has 0 spiro atoms. The lowest BCUT2D eigenvalue weighted by Crippen LogP contribution is -2.17. The summed E-state index contributed by atoms with van der Waals surface area (Å²) in [5.74, 6) is -0.564. The Morgan fingerprint density at radius 2 is 2.12 bits per heavy atom. The lowest BCUT2D eigenvalue weighted by atomic mass is 10.2. The number of aromatic nitrogens is 1. The molecular formula is C12H9N2O2. The van der Waals surface area contributed by atoms with Crippen molar-refractivity contribution in [2.75, 3.05) is 0 Å². The molecule has 2 aromatic rings. The third-order valence-corrected chi connectivity index (χ3v) is 2.15. The van der Waals surface area contributed by atoms with Gasteiger partial charge in [-0.15, -0.1) is 0 Å². The zero-order valence-electron chi connectivity index (χ0n) is 8.38. The minimum absolute atomic E-state index is 0.163. The summed E-state index contributed by atoms with van der Waals surface area (Å²) in [6.07, 6.45) is 1.63. The fourth-order valence-corrected chi connectivity index (χ4v) is 1.39. The molecule has 0 saturated heterocycles. The highest BCUT2D eigenvalue weighted by atomic mass is 16.1. The number of nitrogens with two attached hydrogens (primary N) is 1. The Balaban J connectivity index is 2.57. The molecule has 16 heavy (non-hydrogen) atoms. The highest BCUT2D eigenvalue weighted by molar-refractivity contribution is 5.93. The summed E-state index contributed by atoms with van der Waals surface area (Å²) in [5, 5.41) is 0. The second-order valence-electron chi connectivity index (χ2n) is 3.23. The zero-order chi connectivity index (χ0) is 11.5. The fourth-order valence-electron chi connectivity index (χ4n) is 1.39. The Bertz CT molecular complexity index is 587. The van der Waals surface area contributed by atoms with Gasteiger partial charge >= 0.3 is 0 Å². The molecule has 0 aliphatic rings. The van der Waals surface area contributed by atoms with Gasteiger partial charge < -0.3 is 5.73 Å². The highest BCUT2D eigenvalue weighted by Crippen LogP contribution is 2.07. The van der Waals surface area contributed by atoms with Crippen LogP contribution in [0.2, 0.25) is 0 Å². The van der Waals surface area contributed by atoms with Crippen LogP contribution in [0.4, 0.5) is 0 Å². The van der Waals surface area contributed by atoms with Crippen LogP contribution in [-0.4, -0.2) is 10.5 Å². The number of nitrogens with zero attached hydrogens (tertiary/aromatic N) is 1. The number of pyridine rings is 1. The maximum atomic E-state index is 11.5. The number of carbonyl (C=O) groups is 1. The van der Waals surface area contributed by atoms with E-state index in [9.17, 15) is 9.59 Å². The highest BCUT2D eigenvalue weighted by Gasteiger charge is 2.03. The van der Waals surface area contributed by atoms with E-state index in [-0.39, 0.29) is 11.1 Å². The molecule has 4 heteroatoms. The topological polar surface area (TPSA) is 65.1 Å². The Morgan fingerprint density at radius 3 is 2.81 bits per heavy atom. The van der Waals surface area contributed by atoms with Crippen molar-refractivity contribution in [3.63, 3.8) is 0 Å². The third kappa shape index (κ3) is 1.86. The van der Waals surface area contributed by atoms with E-state index in [1.807, 2.05) is 0 Å². The number of hydrogen-bond donors (Lipinski definition) is 1. The van der Waals surface area contributed by atoms with Crippen LogP contribution in [0, 0.1) is 6.07 Å². The summed E-state index contributed by atoms with van der Waals surface area (Å²) in [7, 11) is 0. The maximum Gasteiger partial charge on any atom is 0.255 e. The predicted octanol–water partition coefficient (Wildman–Crippen LogP) is 0.737. The van der Waals surface area contributed by atoms with Crippen LogP contribution in [0.5, 0.6) is 0 Å². The van der Waals surface area contributed by atoms with Crippen LogP contribution in [0.3, 0.4) is 0 Å². The smallest absolute Gasteiger partial charge is 0.255 e. The standard InChI is InChI=1S/C12H9N2O2/c13-12(16)9-4-3-5-10(8-9)14-7-2-1-6-11(14)15/h1-3,5-8H,(H2,13,16). The average Bonchev–Trinajstić information content (AvgIpc) is 2.30. The van der Waals surface area contributed by atoms with Crippen molar-refractivity contribution in [3.05, 3.63) is 64.6 Å². The number of benzene rings is 1. The molecule has 79 valence electrons. The minimum atomic E-state index is -0.564. The molecule has 1 radical (unpaired) electrons. The maximum absolute atomic E-state index is 11.5. The van der Waals surface area contributed by atoms with Gasteiger partial charge in [0, 0.05) is 23.5 Å². The summed E-state index contributed by atoms with van der Waals surface area (Å²) in [6, 6.07) is 12.3. The van der Waals surface area contributed by atoms with Gasteiger partial charge in [0.15, 0.2) is 0 Å². The molecule has 2 rings (SSSR count). The molecule has 0 fully saturated rings. The van der Waals surface area contributed by atoms with E-state index in [0.717, 1.165) is 0 Å². The summed E-state index contributed by atoms with van der Waals surface area (Å²) in [5.41, 5.74) is 5.83. The van der Waals surface area contributed by atoms with Gasteiger partial charge in [-0.3, -0.25) is 14.2 Å². The molecule has 0 bridgehead atoms. The van der Waals surface area contributed by atoms with Crippen LogP contribution in [0.15, 0.2) is 47.4 Å². The monoisotopic (exact) mass is 213 g/mol. The molecule has 1 amide bonds. The number of hydrogen-bond acceptors (Lipinski definition) is 2. The van der Waals surface area contributed by atoms with E-state index < -0.39 is 5.91 Å². The molecular weight excluding hydrogens is 204 g/mol. The Morgan fingerprint density at radius 1 is 1.31 bits per heavy atom. The molecule has 0 atom stereocenters. The van der Waals surface area contributed by atoms with Crippen molar-refractivity contribution in [2.45, 2.75) is 0 Å². The Labute approximate surface area is 91.9 Å². The predicted molar refractivity (Wildman–Crippen MR) is 59.4 cm³/mol. The Kier molecular flexibility index (Phi) is 2.55. The average molecular weight is 213 g/mol. The first-order valence-electron chi connectivity index (χ1n) is 4.68. The first-order chi connectivity index (χ1) is 7.68. The molecule has 1 aromatic carbocycles.